The Labute approximate surface area is 90.5 Å². The van der Waals surface area contributed by atoms with Crippen LogP contribution in [0.4, 0.5) is 5.69 Å². The molecule has 1 aromatic heterocycles. The van der Waals surface area contributed by atoms with Gasteiger partial charge in [-0.05, 0) is 19.7 Å². The van der Waals surface area contributed by atoms with Gasteiger partial charge in [-0.2, -0.15) is 5.26 Å². The van der Waals surface area contributed by atoms with Crippen LogP contribution in [0.15, 0.2) is 18.5 Å². The first-order valence-electron chi connectivity index (χ1n) is 5.04. The summed E-state index contributed by atoms with van der Waals surface area (Å²) in [5.41, 5.74) is 1.45. The van der Waals surface area contributed by atoms with Crippen LogP contribution in [0.3, 0.4) is 0 Å². The van der Waals surface area contributed by atoms with E-state index in [0.717, 1.165) is 25.3 Å². The topological polar surface area (TPSA) is 52.0 Å². The van der Waals surface area contributed by atoms with Crippen molar-refractivity contribution in [3.8, 4) is 6.07 Å². The van der Waals surface area contributed by atoms with E-state index in [0.29, 0.717) is 5.56 Å². The largest absolute Gasteiger partial charge is 0.381 e. The Morgan fingerprint density at radius 2 is 2.40 bits per heavy atom. The molecule has 0 aliphatic rings. The average Bonchev–Trinajstić information content (AvgIpc) is 2.29. The van der Waals surface area contributed by atoms with Crippen molar-refractivity contribution in [3.05, 3.63) is 24.0 Å². The maximum Gasteiger partial charge on any atom is 0.101 e. The molecule has 1 rings (SSSR count). The van der Waals surface area contributed by atoms with E-state index in [-0.39, 0.29) is 0 Å². The summed E-state index contributed by atoms with van der Waals surface area (Å²) in [6.45, 7) is 4.92. The number of likely N-dealkylation sites (N-methyl/N-ethyl adjacent to an activating group) is 1. The molecule has 0 fully saturated rings. The van der Waals surface area contributed by atoms with Crippen LogP contribution < -0.4 is 5.32 Å². The van der Waals surface area contributed by atoms with Crippen LogP contribution in [0.5, 0.6) is 0 Å². The lowest BCUT2D eigenvalue weighted by Crippen LogP contribution is -2.24. The van der Waals surface area contributed by atoms with Crippen LogP contribution in [-0.4, -0.2) is 36.6 Å². The molecule has 0 spiro atoms. The van der Waals surface area contributed by atoms with E-state index in [9.17, 15) is 0 Å². The molecule has 1 aromatic rings. The maximum absolute atomic E-state index is 8.84. The summed E-state index contributed by atoms with van der Waals surface area (Å²) in [6, 6.07) is 3.85. The number of nitrogens with one attached hydrogen (secondary N) is 1. The van der Waals surface area contributed by atoms with Crippen molar-refractivity contribution < 1.29 is 0 Å². The van der Waals surface area contributed by atoms with E-state index in [1.165, 1.54) is 0 Å². The van der Waals surface area contributed by atoms with Crippen molar-refractivity contribution in [2.24, 2.45) is 0 Å². The summed E-state index contributed by atoms with van der Waals surface area (Å²) in [7, 11) is 2.07. The fraction of sp³-hybridized carbons (Fsp3) is 0.455. The van der Waals surface area contributed by atoms with Gasteiger partial charge in [-0.1, -0.05) is 6.92 Å². The van der Waals surface area contributed by atoms with E-state index in [1.54, 1.807) is 18.5 Å². The highest BCUT2D eigenvalue weighted by molar-refractivity contribution is 5.55. The van der Waals surface area contributed by atoms with Crippen molar-refractivity contribution in [2.75, 3.05) is 32.0 Å². The van der Waals surface area contributed by atoms with Gasteiger partial charge in [0.05, 0.1) is 17.4 Å². The van der Waals surface area contributed by atoms with Gasteiger partial charge in [-0.3, -0.25) is 4.98 Å². The standard InChI is InChI=1S/C11H16N4/c1-3-15(2)7-6-14-11-9-13-5-4-10(11)8-12/h4-5,9,14H,3,6-7H2,1-2H3. The third-order valence-corrected chi connectivity index (χ3v) is 2.29. The average molecular weight is 204 g/mol. The van der Waals surface area contributed by atoms with Gasteiger partial charge in [0.15, 0.2) is 0 Å². The number of pyridine rings is 1. The Balaban J connectivity index is 2.47. The Morgan fingerprint density at radius 3 is 3.07 bits per heavy atom. The zero-order valence-electron chi connectivity index (χ0n) is 9.20. The number of hydrogen-bond acceptors (Lipinski definition) is 4. The van der Waals surface area contributed by atoms with Crippen LogP contribution in [0.2, 0.25) is 0 Å². The van der Waals surface area contributed by atoms with Crippen LogP contribution >= 0.6 is 0 Å². The molecule has 0 amide bonds. The molecule has 80 valence electrons. The zero-order chi connectivity index (χ0) is 11.1. The molecule has 0 saturated heterocycles. The molecule has 0 aliphatic carbocycles. The highest BCUT2D eigenvalue weighted by atomic mass is 15.1. The fourth-order valence-electron chi connectivity index (χ4n) is 1.17. The second-order valence-corrected chi connectivity index (χ2v) is 3.36. The monoisotopic (exact) mass is 204 g/mol. The van der Waals surface area contributed by atoms with E-state index < -0.39 is 0 Å². The minimum absolute atomic E-state index is 0.643. The second-order valence-electron chi connectivity index (χ2n) is 3.36. The first-order chi connectivity index (χ1) is 7.27. The zero-order valence-corrected chi connectivity index (χ0v) is 9.20. The number of rotatable bonds is 5. The van der Waals surface area contributed by atoms with Crippen LogP contribution in [0, 0.1) is 11.3 Å². The molecule has 0 atom stereocenters. The molecule has 4 heteroatoms. The molecule has 0 aromatic carbocycles. The van der Waals surface area contributed by atoms with Gasteiger partial charge in [0, 0.05) is 19.3 Å². The Morgan fingerprint density at radius 1 is 1.60 bits per heavy atom. The molecule has 1 N–H and O–H groups in total. The van der Waals surface area contributed by atoms with Gasteiger partial charge in [-0.15, -0.1) is 0 Å². The molecule has 15 heavy (non-hydrogen) atoms. The Kier molecular flexibility index (Phi) is 4.58. The highest BCUT2D eigenvalue weighted by Gasteiger charge is 2.00. The van der Waals surface area contributed by atoms with Crippen molar-refractivity contribution in [2.45, 2.75) is 6.92 Å². The Bertz CT molecular complexity index is 343. The Hall–Kier alpha value is -1.60. The lowest BCUT2D eigenvalue weighted by atomic mass is 10.2. The smallest absolute Gasteiger partial charge is 0.101 e. The minimum atomic E-state index is 0.643. The molecule has 4 nitrogen and oxygen atoms in total. The van der Waals surface area contributed by atoms with Crippen molar-refractivity contribution in [3.63, 3.8) is 0 Å². The van der Waals surface area contributed by atoms with E-state index in [2.05, 4.69) is 35.2 Å². The first-order valence-corrected chi connectivity index (χ1v) is 5.04. The first kappa shape index (κ1) is 11.5. The normalized spacial score (nSPS) is 10.0. The van der Waals surface area contributed by atoms with Gasteiger partial charge >= 0.3 is 0 Å². The number of nitriles is 1. The fourth-order valence-corrected chi connectivity index (χ4v) is 1.17. The number of nitrogens with zero attached hydrogens (tertiary/aromatic N) is 3. The summed E-state index contributed by atoms with van der Waals surface area (Å²) >= 11 is 0. The van der Waals surface area contributed by atoms with Gasteiger partial charge in [0.25, 0.3) is 0 Å². The summed E-state index contributed by atoms with van der Waals surface area (Å²) in [5.74, 6) is 0. The van der Waals surface area contributed by atoms with Crippen molar-refractivity contribution in [1.82, 2.24) is 9.88 Å². The second kappa shape index (κ2) is 5.99. The molecule has 0 bridgehead atoms. The summed E-state index contributed by atoms with van der Waals surface area (Å²) < 4.78 is 0. The van der Waals surface area contributed by atoms with E-state index in [1.807, 2.05) is 0 Å². The van der Waals surface area contributed by atoms with E-state index >= 15 is 0 Å². The minimum Gasteiger partial charge on any atom is -0.381 e. The lowest BCUT2D eigenvalue weighted by molar-refractivity contribution is 0.367. The molecular weight excluding hydrogens is 188 g/mol. The van der Waals surface area contributed by atoms with E-state index in [4.69, 9.17) is 5.26 Å². The number of anilines is 1. The van der Waals surface area contributed by atoms with Gasteiger partial charge < -0.3 is 10.2 Å². The molecule has 0 unspecified atom stereocenters. The third-order valence-electron chi connectivity index (χ3n) is 2.29. The van der Waals surface area contributed by atoms with Crippen LogP contribution in [-0.2, 0) is 0 Å². The quantitative estimate of drug-likeness (QED) is 0.786. The predicted octanol–water partition coefficient (Wildman–Crippen LogP) is 1.32. The van der Waals surface area contributed by atoms with Gasteiger partial charge in [0.2, 0.25) is 0 Å². The van der Waals surface area contributed by atoms with Crippen molar-refractivity contribution in [1.29, 1.82) is 5.26 Å². The van der Waals surface area contributed by atoms with Crippen LogP contribution in [0.25, 0.3) is 0 Å². The molecule has 0 aliphatic heterocycles. The summed E-state index contributed by atoms with van der Waals surface area (Å²) in [5, 5.41) is 12.0. The molecule has 0 radical (unpaired) electrons. The lowest BCUT2D eigenvalue weighted by Gasteiger charge is -2.14. The summed E-state index contributed by atoms with van der Waals surface area (Å²) in [4.78, 5) is 6.19. The van der Waals surface area contributed by atoms with Gasteiger partial charge in [0.1, 0.15) is 6.07 Å². The summed E-state index contributed by atoms with van der Waals surface area (Å²) in [6.07, 6.45) is 3.31. The van der Waals surface area contributed by atoms with Gasteiger partial charge in [-0.25, -0.2) is 0 Å². The third kappa shape index (κ3) is 3.56. The predicted molar refractivity (Wildman–Crippen MR) is 60.6 cm³/mol. The SMILES string of the molecule is CCN(C)CCNc1cnccc1C#N. The molecular formula is C11H16N4. The highest BCUT2D eigenvalue weighted by Crippen LogP contribution is 2.10. The maximum atomic E-state index is 8.84. The number of hydrogen-bond donors (Lipinski definition) is 1. The van der Waals surface area contributed by atoms with Crippen molar-refractivity contribution >= 4 is 5.69 Å². The molecule has 0 saturated carbocycles. The number of aromatic nitrogens is 1. The van der Waals surface area contributed by atoms with Crippen LogP contribution in [0.1, 0.15) is 12.5 Å². The molecule has 1 heterocycles.